The number of carbonyl (C=O) groups is 2. The van der Waals surface area contributed by atoms with Crippen molar-refractivity contribution in [1.29, 1.82) is 0 Å². The van der Waals surface area contributed by atoms with E-state index in [1.54, 1.807) is 12.1 Å². The Kier molecular flexibility index (Phi) is 4.21. The topological polar surface area (TPSA) is 73.4 Å². The lowest BCUT2D eigenvalue weighted by Crippen LogP contribution is -2.39. The number of carbonyl (C=O) groups excluding carboxylic acids is 1. The van der Waals surface area contributed by atoms with E-state index in [1.165, 1.54) is 0 Å². The summed E-state index contributed by atoms with van der Waals surface area (Å²) in [5.41, 5.74) is 3.04. The molecule has 0 spiro atoms. The number of nitrogens with zero attached hydrogens (tertiary/aromatic N) is 1. The standard InChI is InChI=1S/C21H20N2O3/c24-20(17-8-5-15-9-10-22-19(15)12-17)23-11-1-2-18(13-23)14-3-6-16(7-4-14)21(25)26/h3-10,12,18,22H,1-2,11,13H2,(H,25,26)/t18-/m1/s1. The minimum Gasteiger partial charge on any atom is -0.478 e. The van der Waals surface area contributed by atoms with E-state index in [0.29, 0.717) is 12.1 Å². The van der Waals surface area contributed by atoms with Gasteiger partial charge in [0.2, 0.25) is 0 Å². The highest BCUT2D eigenvalue weighted by atomic mass is 16.4. The molecule has 26 heavy (non-hydrogen) atoms. The van der Waals surface area contributed by atoms with Gasteiger partial charge in [-0.15, -0.1) is 0 Å². The van der Waals surface area contributed by atoms with Gasteiger partial charge >= 0.3 is 5.97 Å². The Morgan fingerprint density at radius 2 is 1.81 bits per heavy atom. The molecule has 4 rings (SSSR count). The van der Waals surface area contributed by atoms with Gasteiger partial charge in [0, 0.05) is 36.3 Å². The van der Waals surface area contributed by atoms with E-state index in [9.17, 15) is 9.59 Å². The molecule has 3 aromatic rings. The van der Waals surface area contributed by atoms with Crippen LogP contribution in [0.25, 0.3) is 10.9 Å². The molecule has 1 amide bonds. The number of fused-ring (bicyclic) bond motifs is 1. The van der Waals surface area contributed by atoms with Gasteiger partial charge < -0.3 is 15.0 Å². The summed E-state index contributed by atoms with van der Waals surface area (Å²) in [5, 5.41) is 10.1. The molecule has 1 aliphatic rings. The van der Waals surface area contributed by atoms with Gasteiger partial charge in [0.25, 0.3) is 5.91 Å². The first-order valence-electron chi connectivity index (χ1n) is 8.81. The van der Waals surface area contributed by atoms with Crippen molar-refractivity contribution in [3.63, 3.8) is 0 Å². The number of amides is 1. The average molecular weight is 348 g/mol. The Balaban J connectivity index is 1.52. The van der Waals surface area contributed by atoms with E-state index in [2.05, 4.69) is 4.98 Å². The van der Waals surface area contributed by atoms with Gasteiger partial charge in [0.1, 0.15) is 0 Å². The first kappa shape index (κ1) is 16.4. The largest absolute Gasteiger partial charge is 0.478 e. The highest BCUT2D eigenvalue weighted by Gasteiger charge is 2.25. The molecule has 0 saturated carbocycles. The number of aromatic carboxylic acids is 1. The summed E-state index contributed by atoms with van der Waals surface area (Å²) in [6.07, 6.45) is 3.82. The van der Waals surface area contributed by atoms with Crippen LogP contribution in [0.4, 0.5) is 0 Å². The highest BCUT2D eigenvalue weighted by Crippen LogP contribution is 2.28. The fraction of sp³-hybridized carbons (Fsp3) is 0.238. The number of likely N-dealkylation sites (tertiary alicyclic amines) is 1. The number of piperidine rings is 1. The van der Waals surface area contributed by atoms with Gasteiger partial charge in [-0.1, -0.05) is 18.2 Å². The van der Waals surface area contributed by atoms with Gasteiger partial charge in [0.15, 0.2) is 0 Å². The second-order valence-electron chi connectivity index (χ2n) is 6.80. The van der Waals surface area contributed by atoms with Crippen LogP contribution in [0.2, 0.25) is 0 Å². The molecule has 0 unspecified atom stereocenters. The summed E-state index contributed by atoms with van der Waals surface area (Å²) in [6.45, 7) is 1.42. The van der Waals surface area contributed by atoms with Gasteiger partial charge in [-0.25, -0.2) is 4.79 Å². The number of hydrogen-bond acceptors (Lipinski definition) is 2. The van der Waals surface area contributed by atoms with E-state index in [4.69, 9.17) is 5.11 Å². The molecule has 2 aromatic carbocycles. The molecule has 132 valence electrons. The highest BCUT2D eigenvalue weighted by molar-refractivity contribution is 5.98. The number of rotatable bonds is 3. The van der Waals surface area contributed by atoms with Crippen molar-refractivity contribution in [2.24, 2.45) is 0 Å². The van der Waals surface area contributed by atoms with E-state index in [-0.39, 0.29) is 17.4 Å². The average Bonchev–Trinajstić information content (AvgIpc) is 3.15. The number of nitrogens with one attached hydrogen (secondary N) is 1. The molecule has 1 fully saturated rings. The van der Waals surface area contributed by atoms with Crippen molar-refractivity contribution in [3.8, 4) is 0 Å². The van der Waals surface area contributed by atoms with Gasteiger partial charge in [0.05, 0.1) is 5.56 Å². The first-order valence-corrected chi connectivity index (χ1v) is 8.81. The van der Waals surface area contributed by atoms with Crippen LogP contribution in [-0.2, 0) is 0 Å². The van der Waals surface area contributed by atoms with Crippen molar-refractivity contribution < 1.29 is 14.7 Å². The molecule has 1 saturated heterocycles. The van der Waals surface area contributed by atoms with Crippen LogP contribution in [0.15, 0.2) is 54.7 Å². The van der Waals surface area contributed by atoms with Gasteiger partial charge in [-0.05, 0) is 54.1 Å². The Bertz CT molecular complexity index is 959. The summed E-state index contributed by atoms with van der Waals surface area (Å²) < 4.78 is 0. The Morgan fingerprint density at radius 1 is 1.04 bits per heavy atom. The van der Waals surface area contributed by atoms with Gasteiger partial charge in [-0.3, -0.25) is 4.79 Å². The number of benzene rings is 2. The minimum atomic E-state index is -0.920. The maximum atomic E-state index is 12.9. The summed E-state index contributed by atoms with van der Waals surface area (Å²) in [6, 6.07) is 14.7. The Morgan fingerprint density at radius 3 is 2.58 bits per heavy atom. The third-order valence-electron chi connectivity index (χ3n) is 5.14. The maximum Gasteiger partial charge on any atom is 0.335 e. The molecule has 1 aromatic heterocycles. The monoisotopic (exact) mass is 348 g/mol. The lowest BCUT2D eigenvalue weighted by Gasteiger charge is -2.33. The van der Waals surface area contributed by atoms with Crippen LogP contribution >= 0.6 is 0 Å². The fourth-order valence-corrected chi connectivity index (χ4v) is 3.69. The second-order valence-corrected chi connectivity index (χ2v) is 6.80. The van der Waals surface area contributed by atoms with Gasteiger partial charge in [-0.2, -0.15) is 0 Å². The quantitative estimate of drug-likeness (QED) is 0.754. The van der Waals surface area contributed by atoms with E-state index < -0.39 is 5.97 Å². The number of aromatic nitrogens is 1. The van der Waals surface area contributed by atoms with Crippen LogP contribution in [-0.4, -0.2) is 40.0 Å². The molecular formula is C21H20N2O3. The maximum absolute atomic E-state index is 12.9. The summed E-state index contributed by atoms with van der Waals surface area (Å²) in [7, 11) is 0. The number of H-pyrrole nitrogens is 1. The molecular weight excluding hydrogens is 328 g/mol. The normalized spacial score (nSPS) is 17.4. The molecule has 0 bridgehead atoms. The summed E-state index contributed by atoms with van der Waals surface area (Å²) >= 11 is 0. The Labute approximate surface area is 151 Å². The first-order chi connectivity index (χ1) is 12.6. The fourth-order valence-electron chi connectivity index (χ4n) is 3.69. The van der Waals surface area contributed by atoms with Crippen molar-refractivity contribution in [2.75, 3.05) is 13.1 Å². The van der Waals surface area contributed by atoms with Crippen LogP contribution < -0.4 is 0 Å². The molecule has 2 heterocycles. The molecule has 1 atom stereocenters. The van der Waals surface area contributed by atoms with Crippen LogP contribution in [0, 0.1) is 0 Å². The zero-order valence-electron chi connectivity index (χ0n) is 14.3. The lowest BCUT2D eigenvalue weighted by molar-refractivity contribution is 0.0693. The third kappa shape index (κ3) is 3.08. The zero-order valence-corrected chi connectivity index (χ0v) is 14.3. The molecule has 0 radical (unpaired) electrons. The summed E-state index contributed by atoms with van der Waals surface area (Å²) in [5.74, 6) is -0.630. The van der Waals surface area contributed by atoms with Crippen molar-refractivity contribution in [1.82, 2.24) is 9.88 Å². The number of carboxylic acid groups (broad SMARTS) is 1. The summed E-state index contributed by atoms with van der Waals surface area (Å²) in [4.78, 5) is 29.0. The predicted octanol–water partition coefficient (Wildman–Crippen LogP) is 3.89. The lowest BCUT2D eigenvalue weighted by atomic mass is 9.90. The molecule has 5 heteroatoms. The molecule has 0 aliphatic carbocycles. The third-order valence-corrected chi connectivity index (χ3v) is 5.14. The van der Waals surface area contributed by atoms with Crippen LogP contribution in [0.3, 0.4) is 0 Å². The zero-order chi connectivity index (χ0) is 18.1. The number of aromatic amines is 1. The van der Waals surface area contributed by atoms with Crippen molar-refractivity contribution >= 4 is 22.8 Å². The smallest absolute Gasteiger partial charge is 0.335 e. The minimum absolute atomic E-state index is 0.0494. The number of carboxylic acids is 1. The molecule has 2 N–H and O–H groups in total. The Hall–Kier alpha value is -3.08. The van der Waals surface area contributed by atoms with Crippen molar-refractivity contribution in [2.45, 2.75) is 18.8 Å². The predicted molar refractivity (Wildman–Crippen MR) is 99.6 cm³/mol. The van der Waals surface area contributed by atoms with E-state index in [0.717, 1.165) is 35.9 Å². The second kappa shape index (κ2) is 6.67. The number of hydrogen-bond donors (Lipinski definition) is 2. The van der Waals surface area contributed by atoms with Crippen molar-refractivity contribution in [3.05, 3.63) is 71.4 Å². The SMILES string of the molecule is O=C(O)c1ccc([C@@H]2CCCN(C(=O)c3ccc4cc[nH]c4c3)C2)cc1. The molecule has 5 nitrogen and oxygen atoms in total. The van der Waals surface area contributed by atoms with Crippen LogP contribution in [0.5, 0.6) is 0 Å². The van der Waals surface area contributed by atoms with E-state index >= 15 is 0 Å². The molecule has 1 aliphatic heterocycles. The van der Waals surface area contributed by atoms with E-state index in [1.807, 2.05) is 47.5 Å². The van der Waals surface area contributed by atoms with Crippen LogP contribution in [0.1, 0.15) is 45.0 Å².